The number of carbonyl (C=O) groups excluding carboxylic acids is 3. The van der Waals surface area contributed by atoms with Crippen molar-refractivity contribution >= 4 is 23.7 Å². The summed E-state index contributed by atoms with van der Waals surface area (Å²) in [5.41, 5.74) is 7.42. The van der Waals surface area contributed by atoms with Crippen LogP contribution in [0.3, 0.4) is 0 Å². The third kappa shape index (κ3) is 8.35. The number of aliphatic hydroxyl groups excluding tert-OH is 1. The van der Waals surface area contributed by atoms with Crippen LogP contribution in [0.1, 0.15) is 18.2 Å². The zero-order chi connectivity index (χ0) is 24.4. The highest BCUT2D eigenvalue weighted by Gasteiger charge is 2.27. The minimum Gasteiger partial charge on any atom is -0.480 e. The van der Waals surface area contributed by atoms with Gasteiger partial charge in [0.25, 0.3) is 0 Å². The summed E-state index contributed by atoms with van der Waals surface area (Å²) in [5, 5.41) is 25.5. The van der Waals surface area contributed by atoms with Crippen molar-refractivity contribution in [3.63, 3.8) is 0 Å². The van der Waals surface area contributed by atoms with E-state index in [1.165, 1.54) is 19.4 Å². The Morgan fingerprint density at radius 1 is 1.09 bits per heavy atom. The molecule has 0 saturated heterocycles. The molecule has 2 aromatic rings. The number of H-pyrrole nitrogens is 1. The minimum atomic E-state index is -1.52. The number of rotatable bonds is 12. The number of benzene rings is 1. The van der Waals surface area contributed by atoms with E-state index in [1.807, 2.05) is 30.3 Å². The summed E-state index contributed by atoms with van der Waals surface area (Å²) in [4.78, 5) is 55.1. The number of carboxylic acid groups (broad SMARTS) is 1. The molecule has 4 atom stereocenters. The maximum absolute atomic E-state index is 12.7. The van der Waals surface area contributed by atoms with E-state index in [1.54, 1.807) is 0 Å². The van der Waals surface area contributed by atoms with Crippen molar-refractivity contribution in [3.8, 4) is 0 Å². The summed E-state index contributed by atoms with van der Waals surface area (Å²) in [7, 11) is 0. The van der Waals surface area contributed by atoms with Crippen molar-refractivity contribution < 1.29 is 29.4 Å². The quantitative estimate of drug-likeness (QED) is 0.190. The highest BCUT2D eigenvalue weighted by Crippen LogP contribution is 2.04. The fourth-order valence-corrected chi connectivity index (χ4v) is 2.97. The number of nitrogens with zero attached hydrogens (tertiary/aromatic N) is 1. The number of carboxylic acids is 1. The van der Waals surface area contributed by atoms with Crippen LogP contribution in [0.5, 0.6) is 0 Å². The summed E-state index contributed by atoms with van der Waals surface area (Å²) < 4.78 is 0. The first-order valence-corrected chi connectivity index (χ1v) is 10.2. The van der Waals surface area contributed by atoms with E-state index in [2.05, 4.69) is 25.9 Å². The van der Waals surface area contributed by atoms with Crippen LogP contribution in [0.25, 0.3) is 0 Å². The van der Waals surface area contributed by atoms with E-state index in [0.29, 0.717) is 5.69 Å². The zero-order valence-corrected chi connectivity index (χ0v) is 18.0. The van der Waals surface area contributed by atoms with Gasteiger partial charge < -0.3 is 36.9 Å². The predicted molar refractivity (Wildman–Crippen MR) is 117 cm³/mol. The first kappa shape index (κ1) is 25.5. The van der Waals surface area contributed by atoms with Gasteiger partial charge >= 0.3 is 5.97 Å². The first-order chi connectivity index (χ1) is 15.7. The smallest absolute Gasteiger partial charge is 0.328 e. The van der Waals surface area contributed by atoms with Crippen LogP contribution < -0.4 is 21.7 Å². The van der Waals surface area contributed by atoms with Crippen LogP contribution in [0.4, 0.5) is 0 Å². The summed E-state index contributed by atoms with van der Waals surface area (Å²) in [5.74, 6) is -3.46. The lowest BCUT2D eigenvalue weighted by molar-refractivity contribution is -0.144. The van der Waals surface area contributed by atoms with Crippen LogP contribution >= 0.6 is 0 Å². The van der Waals surface area contributed by atoms with E-state index in [9.17, 15) is 24.3 Å². The fourth-order valence-electron chi connectivity index (χ4n) is 2.97. The lowest BCUT2D eigenvalue weighted by Crippen LogP contribution is -2.55. The number of carbonyl (C=O) groups is 4. The van der Waals surface area contributed by atoms with Gasteiger partial charge in [0.05, 0.1) is 25.0 Å². The number of nitrogens with one attached hydrogen (secondary N) is 4. The van der Waals surface area contributed by atoms with Gasteiger partial charge in [0, 0.05) is 18.3 Å². The Kier molecular flexibility index (Phi) is 9.51. The highest BCUT2D eigenvalue weighted by molar-refractivity contribution is 5.92. The van der Waals surface area contributed by atoms with Gasteiger partial charge in [-0.25, -0.2) is 9.78 Å². The Labute approximate surface area is 190 Å². The maximum Gasteiger partial charge on any atom is 0.328 e. The Morgan fingerprint density at radius 2 is 1.79 bits per heavy atom. The third-order valence-electron chi connectivity index (χ3n) is 4.74. The standard InChI is InChI=1S/C21H28N6O6/c1-12(28)18(21(32)33)27-17(29)10-24-20(31)16(8-14-9-23-11-25-14)26-19(30)15(22)7-13-5-3-2-4-6-13/h2-6,9,11-12,15-16,18,28H,7-8,10,22H2,1H3,(H,23,25)(H,24,31)(H,26,30)(H,27,29)(H,32,33). The van der Waals surface area contributed by atoms with E-state index < -0.39 is 54.5 Å². The Balaban J connectivity index is 1.99. The normalized spacial score (nSPS) is 14.4. The molecule has 1 heterocycles. The lowest BCUT2D eigenvalue weighted by atomic mass is 10.0. The monoisotopic (exact) mass is 460 g/mol. The van der Waals surface area contributed by atoms with Crippen LogP contribution in [-0.4, -0.2) is 74.6 Å². The second-order valence-electron chi connectivity index (χ2n) is 7.48. The van der Waals surface area contributed by atoms with E-state index in [4.69, 9.17) is 10.8 Å². The van der Waals surface area contributed by atoms with Crippen molar-refractivity contribution in [3.05, 3.63) is 54.1 Å². The summed E-state index contributed by atoms with van der Waals surface area (Å²) in [6, 6.07) is 5.66. The van der Waals surface area contributed by atoms with Gasteiger partial charge in [-0.05, 0) is 18.9 Å². The van der Waals surface area contributed by atoms with Gasteiger partial charge in [-0.3, -0.25) is 14.4 Å². The number of hydrogen-bond acceptors (Lipinski definition) is 7. The number of hydrogen-bond donors (Lipinski definition) is 7. The molecule has 0 bridgehead atoms. The SMILES string of the molecule is CC(O)C(NC(=O)CNC(=O)C(Cc1cnc[nH]1)NC(=O)C(N)Cc1ccccc1)C(=O)O. The van der Waals surface area contributed by atoms with Crippen LogP contribution in [0, 0.1) is 0 Å². The van der Waals surface area contributed by atoms with Crippen molar-refractivity contribution in [1.29, 1.82) is 0 Å². The van der Waals surface area contributed by atoms with Crippen molar-refractivity contribution in [2.45, 2.75) is 44.0 Å². The molecular weight excluding hydrogens is 432 g/mol. The third-order valence-corrected chi connectivity index (χ3v) is 4.74. The molecule has 0 fully saturated rings. The molecule has 0 aliphatic carbocycles. The summed E-state index contributed by atoms with van der Waals surface area (Å²) in [6.07, 6.45) is 1.90. The van der Waals surface area contributed by atoms with Crippen LogP contribution in [0.2, 0.25) is 0 Å². The predicted octanol–water partition coefficient (Wildman–Crippen LogP) is -1.93. The number of imidazole rings is 1. The zero-order valence-electron chi connectivity index (χ0n) is 18.0. The molecule has 0 saturated carbocycles. The van der Waals surface area contributed by atoms with E-state index >= 15 is 0 Å². The lowest BCUT2D eigenvalue weighted by Gasteiger charge is -2.21. The molecule has 0 spiro atoms. The average Bonchev–Trinajstić information content (AvgIpc) is 3.28. The molecule has 12 heteroatoms. The highest BCUT2D eigenvalue weighted by atomic mass is 16.4. The number of amides is 3. The van der Waals surface area contributed by atoms with Crippen LogP contribution in [0.15, 0.2) is 42.9 Å². The molecule has 178 valence electrons. The molecule has 4 unspecified atom stereocenters. The Morgan fingerprint density at radius 3 is 2.36 bits per heavy atom. The van der Waals surface area contributed by atoms with Crippen molar-refractivity contribution in [1.82, 2.24) is 25.9 Å². The van der Waals surface area contributed by atoms with Gasteiger partial charge in [-0.15, -0.1) is 0 Å². The van der Waals surface area contributed by atoms with Crippen molar-refractivity contribution in [2.75, 3.05) is 6.54 Å². The van der Waals surface area contributed by atoms with Gasteiger partial charge in [-0.1, -0.05) is 30.3 Å². The Hall–Kier alpha value is -3.77. The first-order valence-electron chi connectivity index (χ1n) is 10.2. The molecule has 0 aliphatic heterocycles. The average molecular weight is 460 g/mol. The van der Waals surface area contributed by atoms with E-state index in [-0.39, 0.29) is 12.8 Å². The molecule has 12 nitrogen and oxygen atoms in total. The van der Waals surface area contributed by atoms with E-state index in [0.717, 1.165) is 5.56 Å². The molecule has 3 amide bonds. The molecule has 2 rings (SSSR count). The largest absolute Gasteiger partial charge is 0.480 e. The summed E-state index contributed by atoms with van der Waals surface area (Å²) in [6.45, 7) is 0.660. The molecule has 0 radical (unpaired) electrons. The molecule has 8 N–H and O–H groups in total. The fraction of sp³-hybridized carbons (Fsp3) is 0.381. The number of aliphatic hydroxyl groups is 1. The second-order valence-corrected chi connectivity index (χ2v) is 7.48. The van der Waals surface area contributed by atoms with Gasteiger partial charge in [-0.2, -0.15) is 0 Å². The van der Waals surface area contributed by atoms with Gasteiger partial charge in [0.1, 0.15) is 6.04 Å². The molecule has 33 heavy (non-hydrogen) atoms. The second kappa shape index (κ2) is 12.3. The molecule has 1 aromatic carbocycles. The molecule has 0 aliphatic rings. The molecule has 1 aromatic heterocycles. The summed E-state index contributed by atoms with van der Waals surface area (Å²) >= 11 is 0. The van der Waals surface area contributed by atoms with Crippen molar-refractivity contribution in [2.24, 2.45) is 5.73 Å². The number of nitrogens with two attached hydrogens (primary N) is 1. The van der Waals surface area contributed by atoms with Crippen LogP contribution in [-0.2, 0) is 32.0 Å². The molecular formula is C21H28N6O6. The number of aromatic nitrogens is 2. The topological polar surface area (TPSA) is 200 Å². The Bertz CT molecular complexity index is 934. The maximum atomic E-state index is 12.7. The minimum absolute atomic E-state index is 0.0582. The number of aliphatic carboxylic acids is 1. The number of aromatic amines is 1. The van der Waals surface area contributed by atoms with Gasteiger partial charge in [0.2, 0.25) is 17.7 Å². The van der Waals surface area contributed by atoms with Gasteiger partial charge in [0.15, 0.2) is 6.04 Å².